The molecule has 2 aromatic carbocycles. The highest BCUT2D eigenvalue weighted by molar-refractivity contribution is 5.87. The first kappa shape index (κ1) is 17.7. The molecule has 0 saturated heterocycles. The molecule has 0 atom stereocenters. The standard InChI is InChI=1S/C22H14N2O6/c25-11-16-6-8-19(30-16)13-1-4-15(5-2-13)24-18(10-17(23-24)22(26)27)14-3-7-20-21(9-14)29-12-28-20/h1-11H,12H2,(H,26,27). The molecule has 2 aromatic heterocycles. The molecule has 0 amide bonds. The van der Waals surface area contributed by atoms with Crippen LogP contribution < -0.4 is 9.47 Å². The van der Waals surface area contributed by atoms with E-state index in [4.69, 9.17) is 13.9 Å². The Labute approximate surface area is 169 Å². The molecule has 8 heteroatoms. The van der Waals surface area contributed by atoms with Crippen LogP contribution in [0.5, 0.6) is 11.5 Å². The van der Waals surface area contributed by atoms with Crippen LogP contribution >= 0.6 is 0 Å². The van der Waals surface area contributed by atoms with Gasteiger partial charge in [0.05, 0.1) is 11.4 Å². The Bertz CT molecular complexity index is 1270. The monoisotopic (exact) mass is 402 g/mol. The number of fused-ring (bicyclic) bond motifs is 1. The van der Waals surface area contributed by atoms with Crippen LogP contribution in [0.1, 0.15) is 21.0 Å². The first-order valence-corrected chi connectivity index (χ1v) is 9.01. The van der Waals surface area contributed by atoms with E-state index in [1.54, 1.807) is 41.1 Å². The Morgan fingerprint density at radius 3 is 2.47 bits per heavy atom. The molecule has 0 saturated carbocycles. The molecule has 0 spiro atoms. The van der Waals surface area contributed by atoms with E-state index in [0.717, 1.165) is 11.1 Å². The molecule has 0 unspecified atom stereocenters. The molecule has 8 nitrogen and oxygen atoms in total. The third-order valence-corrected chi connectivity index (χ3v) is 4.74. The zero-order valence-corrected chi connectivity index (χ0v) is 15.4. The summed E-state index contributed by atoms with van der Waals surface area (Å²) in [5, 5.41) is 13.7. The lowest BCUT2D eigenvalue weighted by molar-refractivity contribution is 0.0689. The van der Waals surface area contributed by atoms with Gasteiger partial charge in [0, 0.05) is 11.1 Å². The van der Waals surface area contributed by atoms with Crippen LogP contribution in [0.25, 0.3) is 28.3 Å². The van der Waals surface area contributed by atoms with Crippen LogP contribution in [-0.2, 0) is 0 Å². The highest BCUT2D eigenvalue weighted by Crippen LogP contribution is 2.36. The minimum absolute atomic E-state index is 0.0756. The lowest BCUT2D eigenvalue weighted by Gasteiger charge is -2.09. The van der Waals surface area contributed by atoms with Crippen molar-refractivity contribution in [1.29, 1.82) is 0 Å². The van der Waals surface area contributed by atoms with Crippen molar-refractivity contribution in [1.82, 2.24) is 9.78 Å². The number of carboxylic acids is 1. The Balaban J connectivity index is 1.56. The Kier molecular flexibility index (Phi) is 4.10. The number of rotatable bonds is 5. The molecule has 3 heterocycles. The fourth-order valence-corrected chi connectivity index (χ4v) is 3.28. The molecule has 4 aromatic rings. The van der Waals surface area contributed by atoms with Crippen molar-refractivity contribution in [2.45, 2.75) is 0 Å². The molecule has 1 N–H and O–H groups in total. The van der Waals surface area contributed by atoms with Crippen molar-refractivity contribution >= 4 is 12.3 Å². The van der Waals surface area contributed by atoms with E-state index in [-0.39, 0.29) is 18.2 Å². The fourth-order valence-electron chi connectivity index (χ4n) is 3.28. The second-order valence-corrected chi connectivity index (χ2v) is 6.57. The van der Waals surface area contributed by atoms with Gasteiger partial charge in [-0.05, 0) is 60.7 Å². The van der Waals surface area contributed by atoms with Crippen LogP contribution in [0.4, 0.5) is 0 Å². The molecule has 0 radical (unpaired) electrons. The normalized spacial score (nSPS) is 12.1. The number of aldehydes is 1. The minimum atomic E-state index is -1.12. The quantitative estimate of drug-likeness (QED) is 0.503. The van der Waals surface area contributed by atoms with E-state index >= 15 is 0 Å². The maximum atomic E-state index is 11.5. The number of carbonyl (C=O) groups is 2. The predicted molar refractivity (Wildman–Crippen MR) is 105 cm³/mol. The number of carbonyl (C=O) groups excluding carboxylic acids is 1. The van der Waals surface area contributed by atoms with Gasteiger partial charge in [-0.25, -0.2) is 9.48 Å². The lowest BCUT2D eigenvalue weighted by atomic mass is 10.1. The topological polar surface area (TPSA) is 104 Å². The molecule has 5 rings (SSSR count). The molecule has 148 valence electrons. The molecular formula is C22H14N2O6. The summed E-state index contributed by atoms with van der Waals surface area (Å²) in [6.07, 6.45) is 0.646. The van der Waals surface area contributed by atoms with Crippen molar-refractivity contribution in [2.75, 3.05) is 6.79 Å². The molecule has 0 bridgehead atoms. The Morgan fingerprint density at radius 1 is 0.967 bits per heavy atom. The van der Waals surface area contributed by atoms with Gasteiger partial charge in [0.25, 0.3) is 0 Å². The molecule has 1 aliphatic rings. The predicted octanol–water partition coefficient (Wildman–Crippen LogP) is 4.04. The number of aromatic nitrogens is 2. The van der Waals surface area contributed by atoms with Crippen molar-refractivity contribution in [3.05, 3.63) is 72.1 Å². The summed E-state index contributed by atoms with van der Waals surface area (Å²) in [5.41, 5.74) is 2.71. The summed E-state index contributed by atoms with van der Waals surface area (Å²) >= 11 is 0. The first-order chi connectivity index (χ1) is 14.6. The van der Waals surface area contributed by atoms with Gasteiger partial charge in [-0.15, -0.1) is 0 Å². The molecule has 1 aliphatic heterocycles. The van der Waals surface area contributed by atoms with E-state index in [0.29, 0.717) is 34.9 Å². The Morgan fingerprint density at radius 2 is 1.73 bits per heavy atom. The second-order valence-electron chi connectivity index (χ2n) is 6.57. The maximum absolute atomic E-state index is 11.5. The van der Waals surface area contributed by atoms with Crippen molar-refractivity contribution in [3.63, 3.8) is 0 Å². The average Bonchev–Trinajstić information content (AvgIpc) is 3.52. The maximum Gasteiger partial charge on any atom is 0.356 e. The van der Waals surface area contributed by atoms with Gasteiger partial charge in [0.15, 0.2) is 29.2 Å². The molecule has 30 heavy (non-hydrogen) atoms. The summed E-state index contributed by atoms with van der Waals surface area (Å²) in [6.45, 7) is 0.151. The third kappa shape index (κ3) is 3.00. The van der Waals surface area contributed by atoms with E-state index in [2.05, 4.69) is 5.10 Å². The largest absolute Gasteiger partial charge is 0.476 e. The summed E-state index contributed by atoms with van der Waals surface area (Å²) in [6, 6.07) is 17.4. The van der Waals surface area contributed by atoms with Gasteiger partial charge in [0.1, 0.15) is 5.76 Å². The van der Waals surface area contributed by atoms with Crippen molar-refractivity contribution in [3.8, 4) is 39.8 Å². The van der Waals surface area contributed by atoms with Crippen LogP contribution in [0.2, 0.25) is 0 Å². The number of hydrogen-bond acceptors (Lipinski definition) is 6. The zero-order chi connectivity index (χ0) is 20.7. The number of ether oxygens (including phenoxy) is 2. The SMILES string of the molecule is O=Cc1ccc(-c2ccc(-n3nc(C(=O)O)cc3-c3ccc4c(c3)OCO4)cc2)o1. The average molecular weight is 402 g/mol. The third-order valence-electron chi connectivity index (χ3n) is 4.74. The first-order valence-electron chi connectivity index (χ1n) is 9.01. The van der Waals surface area contributed by atoms with Gasteiger partial charge in [-0.2, -0.15) is 5.10 Å². The highest BCUT2D eigenvalue weighted by Gasteiger charge is 2.19. The summed E-state index contributed by atoms with van der Waals surface area (Å²) in [7, 11) is 0. The van der Waals surface area contributed by atoms with Crippen molar-refractivity contribution < 1.29 is 28.6 Å². The smallest absolute Gasteiger partial charge is 0.356 e. The second kappa shape index (κ2) is 6.93. The minimum Gasteiger partial charge on any atom is -0.476 e. The number of carboxylic acid groups (broad SMARTS) is 1. The highest BCUT2D eigenvalue weighted by atomic mass is 16.7. The van der Waals surface area contributed by atoms with E-state index in [1.807, 2.05) is 18.2 Å². The number of furan rings is 1. The zero-order valence-electron chi connectivity index (χ0n) is 15.4. The van der Waals surface area contributed by atoms with Gasteiger partial charge in [-0.3, -0.25) is 4.79 Å². The number of nitrogens with zero attached hydrogens (tertiary/aromatic N) is 2. The fraction of sp³-hybridized carbons (Fsp3) is 0.0455. The number of hydrogen-bond donors (Lipinski definition) is 1. The Hall–Kier alpha value is -4.33. The number of benzene rings is 2. The van der Waals surface area contributed by atoms with Crippen LogP contribution in [0.15, 0.2) is 65.1 Å². The van der Waals surface area contributed by atoms with Crippen molar-refractivity contribution in [2.24, 2.45) is 0 Å². The van der Waals surface area contributed by atoms with Crippen LogP contribution in [0.3, 0.4) is 0 Å². The van der Waals surface area contributed by atoms with E-state index in [9.17, 15) is 14.7 Å². The number of aromatic carboxylic acids is 1. The van der Waals surface area contributed by atoms with Gasteiger partial charge in [0.2, 0.25) is 6.79 Å². The van der Waals surface area contributed by atoms with Gasteiger partial charge >= 0.3 is 5.97 Å². The lowest BCUT2D eigenvalue weighted by Crippen LogP contribution is -2.02. The molecule has 0 aliphatic carbocycles. The summed E-state index contributed by atoms with van der Waals surface area (Å²) < 4.78 is 17.8. The van der Waals surface area contributed by atoms with E-state index < -0.39 is 5.97 Å². The summed E-state index contributed by atoms with van der Waals surface area (Å²) in [5.74, 6) is 0.921. The summed E-state index contributed by atoms with van der Waals surface area (Å²) in [4.78, 5) is 22.3. The van der Waals surface area contributed by atoms with Gasteiger partial charge in [-0.1, -0.05) is 0 Å². The molecular weight excluding hydrogens is 388 g/mol. The van der Waals surface area contributed by atoms with Crippen LogP contribution in [-0.4, -0.2) is 33.9 Å². The van der Waals surface area contributed by atoms with Gasteiger partial charge < -0.3 is 19.0 Å². The van der Waals surface area contributed by atoms with E-state index in [1.165, 1.54) is 6.07 Å². The molecule has 0 fully saturated rings. The van der Waals surface area contributed by atoms with Crippen LogP contribution in [0, 0.1) is 0 Å².